The maximum Gasteiger partial charge on any atom is 0.303 e. The van der Waals surface area contributed by atoms with Crippen LogP contribution in [0.1, 0.15) is 58.3 Å². The number of unbranched alkanes of at least 4 members (excludes halogenated alkanes) is 1. The standard InChI is InChI=1S/C21H35ClO5/c1-15(27-2)8-7-9-16(23)12-13-18-17(19(22)14-20(18)24)10-5-3-4-6-11-21(25)26/h3,5,12-13,15-20,23-24H,4,6-11,14H2,1-2H3,(H,25,26)/t15-,16+,17-,18-,19-,20-/m1/s1. The van der Waals surface area contributed by atoms with Crippen LogP contribution in [-0.4, -0.2) is 52.1 Å². The quantitative estimate of drug-likeness (QED) is 0.247. The van der Waals surface area contributed by atoms with Crippen LogP contribution in [0, 0.1) is 11.8 Å². The van der Waals surface area contributed by atoms with Gasteiger partial charge in [0, 0.05) is 24.8 Å². The summed E-state index contributed by atoms with van der Waals surface area (Å²) in [5.41, 5.74) is 0. The third-order valence-corrected chi connectivity index (χ3v) is 5.78. The van der Waals surface area contributed by atoms with Crippen LogP contribution in [-0.2, 0) is 9.53 Å². The van der Waals surface area contributed by atoms with E-state index >= 15 is 0 Å². The Morgan fingerprint density at radius 3 is 2.70 bits per heavy atom. The molecule has 0 spiro atoms. The van der Waals surface area contributed by atoms with Gasteiger partial charge in [0.25, 0.3) is 0 Å². The molecule has 0 aromatic rings. The summed E-state index contributed by atoms with van der Waals surface area (Å²) >= 11 is 6.42. The first-order chi connectivity index (χ1) is 12.8. The van der Waals surface area contributed by atoms with Crippen molar-refractivity contribution in [3.63, 3.8) is 0 Å². The van der Waals surface area contributed by atoms with E-state index in [9.17, 15) is 15.0 Å². The lowest BCUT2D eigenvalue weighted by molar-refractivity contribution is -0.137. The molecule has 6 atom stereocenters. The highest BCUT2D eigenvalue weighted by atomic mass is 35.5. The zero-order valence-corrected chi connectivity index (χ0v) is 17.2. The molecule has 0 heterocycles. The molecule has 1 saturated carbocycles. The molecule has 1 aliphatic rings. The molecule has 1 aliphatic carbocycles. The average molecular weight is 403 g/mol. The number of aliphatic hydroxyl groups is 2. The third-order valence-electron chi connectivity index (χ3n) is 5.27. The lowest BCUT2D eigenvalue weighted by Crippen LogP contribution is -2.19. The Balaban J connectivity index is 2.45. The van der Waals surface area contributed by atoms with Gasteiger partial charge in [-0.3, -0.25) is 4.79 Å². The van der Waals surface area contributed by atoms with E-state index in [0.29, 0.717) is 19.3 Å². The van der Waals surface area contributed by atoms with E-state index in [2.05, 4.69) is 0 Å². The van der Waals surface area contributed by atoms with E-state index in [1.165, 1.54) is 0 Å². The van der Waals surface area contributed by atoms with Crippen LogP contribution in [0.25, 0.3) is 0 Å². The summed E-state index contributed by atoms with van der Waals surface area (Å²) in [7, 11) is 1.69. The highest BCUT2D eigenvalue weighted by molar-refractivity contribution is 6.21. The molecule has 0 aliphatic heterocycles. The van der Waals surface area contributed by atoms with Crippen LogP contribution in [0.2, 0.25) is 0 Å². The molecule has 0 saturated heterocycles. The summed E-state index contributed by atoms with van der Waals surface area (Å²) in [5, 5.41) is 29.0. The van der Waals surface area contributed by atoms with E-state index in [4.69, 9.17) is 21.4 Å². The van der Waals surface area contributed by atoms with Crippen molar-refractivity contribution in [2.24, 2.45) is 11.8 Å². The van der Waals surface area contributed by atoms with Crippen molar-refractivity contribution in [2.45, 2.75) is 82.0 Å². The number of hydrogen-bond donors (Lipinski definition) is 3. The fraction of sp³-hybridized carbons (Fsp3) is 0.762. The molecule has 156 valence electrons. The molecule has 0 radical (unpaired) electrons. The maximum absolute atomic E-state index is 10.5. The minimum Gasteiger partial charge on any atom is -0.481 e. The first-order valence-corrected chi connectivity index (χ1v) is 10.4. The number of allylic oxidation sites excluding steroid dienone is 2. The number of ether oxygens (including phenoxy) is 1. The number of alkyl halides is 1. The SMILES string of the molecule is CO[C@H](C)CCC[C@H](O)C=C[C@@H]1[C@@H](CC=CCCCC(=O)O)[C@H](Cl)C[C@H]1O. The number of rotatable bonds is 13. The van der Waals surface area contributed by atoms with Crippen LogP contribution in [0.15, 0.2) is 24.3 Å². The maximum atomic E-state index is 10.5. The fourth-order valence-electron chi connectivity index (χ4n) is 3.49. The molecule has 1 fully saturated rings. The molecule has 3 N–H and O–H groups in total. The normalized spacial score (nSPS) is 28.2. The Bertz CT molecular complexity index is 479. The van der Waals surface area contributed by atoms with Gasteiger partial charge in [0.1, 0.15) is 0 Å². The van der Waals surface area contributed by atoms with Gasteiger partial charge in [-0.25, -0.2) is 0 Å². The van der Waals surface area contributed by atoms with E-state index in [1.54, 1.807) is 13.2 Å². The van der Waals surface area contributed by atoms with Crippen molar-refractivity contribution < 1.29 is 24.9 Å². The zero-order chi connectivity index (χ0) is 20.2. The zero-order valence-electron chi connectivity index (χ0n) is 16.5. The molecular weight excluding hydrogens is 368 g/mol. The summed E-state index contributed by atoms with van der Waals surface area (Å²) in [5.74, 6) is -0.721. The summed E-state index contributed by atoms with van der Waals surface area (Å²) < 4.78 is 5.20. The number of aliphatic hydroxyl groups excluding tert-OH is 2. The van der Waals surface area contributed by atoms with Gasteiger partial charge >= 0.3 is 5.97 Å². The second-order valence-electron chi connectivity index (χ2n) is 7.48. The van der Waals surface area contributed by atoms with Gasteiger partial charge in [-0.05, 0) is 57.8 Å². The Labute approximate surface area is 168 Å². The number of carboxylic acids is 1. The molecule has 1 rings (SSSR count). The minimum atomic E-state index is -0.774. The number of methoxy groups -OCH3 is 1. The Morgan fingerprint density at radius 1 is 1.30 bits per heavy atom. The van der Waals surface area contributed by atoms with E-state index in [0.717, 1.165) is 25.7 Å². The van der Waals surface area contributed by atoms with E-state index in [-0.39, 0.29) is 29.7 Å². The van der Waals surface area contributed by atoms with Gasteiger partial charge in [-0.15, -0.1) is 11.6 Å². The Kier molecular flexibility index (Phi) is 11.9. The molecule has 0 amide bonds. The summed E-state index contributed by atoms with van der Waals surface area (Å²) in [6, 6.07) is 0. The summed E-state index contributed by atoms with van der Waals surface area (Å²) in [6.45, 7) is 2.01. The number of halogens is 1. The third kappa shape index (κ3) is 9.74. The predicted octanol–water partition coefficient (Wildman–Crippen LogP) is 3.91. The fourth-order valence-corrected chi connectivity index (χ4v) is 3.95. The van der Waals surface area contributed by atoms with Crippen LogP contribution in [0.5, 0.6) is 0 Å². The van der Waals surface area contributed by atoms with Crippen molar-refractivity contribution in [1.29, 1.82) is 0 Å². The summed E-state index contributed by atoms with van der Waals surface area (Å²) in [6.07, 6.45) is 12.2. The molecule has 0 bridgehead atoms. The van der Waals surface area contributed by atoms with E-state index in [1.807, 2.05) is 25.2 Å². The molecule has 27 heavy (non-hydrogen) atoms. The molecular formula is C21H35ClO5. The highest BCUT2D eigenvalue weighted by Gasteiger charge is 2.39. The molecule has 0 unspecified atom stereocenters. The predicted molar refractivity (Wildman–Crippen MR) is 108 cm³/mol. The van der Waals surface area contributed by atoms with Crippen molar-refractivity contribution >= 4 is 17.6 Å². The first-order valence-electron chi connectivity index (χ1n) is 9.93. The van der Waals surface area contributed by atoms with Gasteiger partial charge < -0.3 is 20.1 Å². The van der Waals surface area contributed by atoms with Gasteiger partial charge in [0.15, 0.2) is 0 Å². The molecule has 6 heteroatoms. The number of hydrogen-bond acceptors (Lipinski definition) is 4. The Hall–Kier alpha value is -0.880. The Morgan fingerprint density at radius 2 is 2.04 bits per heavy atom. The second kappa shape index (κ2) is 13.3. The largest absolute Gasteiger partial charge is 0.481 e. The average Bonchev–Trinajstić information content (AvgIpc) is 2.88. The van der Waals surface area contributed by atoms with Crippen LogP contribution in [0.3, 0.4) is 0 Å². The van der Waals surface area contributed by atoms with Gasteiger partial charge in [-0.2, -0.15) is 0 Å². The molecule has 0 aromatic heterocycles. The lowest BCUT2D eigenvalue weighted by Gasteiger charge is -2.19. The van der Waals surface area contributed by atoms with Crippen LogP contribution >= 0.6 is 11.6 Å². The van der Waals surface area contributed by atoms with Crippen LogP contribution < -0.4 is 0 Å². The van der Waals surface area contributed by atoms with E-state index < -0.39 is 18.2 Å². The molecule has 5 nitrogen and oxygen atoms in total. The second-order valence-corrected chi connectivity index (χ2v) is 8.04. The van der Waals surface area contributed by atoms with Gasteiger partial charge in [-0.1, -0.05) is 24.3 Å². The smallest absolute Gasteiger partial charge is 0.303 e. The highest BCUT2D eigenvalue weighted by Crippen LogP contribution is 2.39. The summed E-state index contributed by atoms with van der Waals surface area (Å²) in [4.78, 5) is 10.5. The van der Waals surface area contributed by atoms with Crippen molar-refractivity contribution in [1.82, 2.24) is 0 Å². The van der Waals surface area contributed by atoms with Gasteiger partial charge in [0.2, 0.25) is 0 Å². The monoisotopic (exact) mass is 402 g/mol. The van der Waals surface area contributed by atoms with Crippen LogP contribution in [0.4, 0.5) is 0 Å². The van der Waals surface area contributed by atoms with Crippen molar-refractivity contribution in [3.8, 4) is 0 Å². The number of aliphatic carboxylic acids is 1. The van der Waals surface area contributed by atoms with Gasteiger partial charge in [0.05, 0.1) is 18.3 Å². The number of carboxylic acid groups (broad SMARTS) is 1. The lowest BCUT2D eigenvalue weighted by atomic mass is 9.90. The molecule has 0 aromatic carbocycles. The van der Waals surface area contributed by atoms with Crippen molar-refractivity contribution in [2.75, 3.05) is 7.11 Å². The minimum absolute atomic E-state index is 0.0660. The number of carbonyl (C=O) groups is 1. The topological polar surface area (TPSA) is 87.0 Å². The first kappa shape index (κ1) is 24.2. The van der Waals surface area contributed by atoms with Crippen molar-refractivity contribution in [3.05, 3.63) is 24.3 Å².